The predicted molar refractivity (Wildman–Crippen MR) is 102 cm³/mol. The summed E-state index contributed by atoms with van der Waals surface area (Å²) in [7, 11) is 0. The molecule has 26 heavy (non-hydrogen) atoms. The molecule has 2 bridgehead atoms. The number of carboxylic acid groups (broad SMARTS) is 1. The maximum atomic E-state index is 12.0. The summed E-state index contributed by atoms with van der Waals surface area (Å²) in [4.78, 5) is 16.2. The van der Waals surface area contributed by atoms with Crippen LogP contribution in [0.1, 0.15) is 29.2 Å². The molecule has 0 aliphatic carbocycles. The largest absolute Gasteiger partial charge is 0.465 e. The Labute approximate surface area is 155 Å². The number of rotatable bonds is 3. The first-order chi connectivity index (χ1) is 12.6. The van der Waals surface area contributed by atoms with Gasteiger partial charge in [-0.05, 0) is 41.9 Å². The summed E-state index contributed by atoms with van der Waals surface area (Å²) in [5.41, 5.74) is 3.68. The highest BCUT2D eigenvalue weighted by atomic mass is 16.4. The molecule has 0 spiro atoms. The molecule has 2 saturated heterocycles. The van der Waals surface area contributed by atoms with Crippen molar-refractivity contribution in [1.82, 2.24) is 9.80 Å². The average Bonchev–Trinajstić information content (AvgIpc) is 2.63. The lowest BCUT2D eigenvalue weighted by Gasteiger charge is -2.50. The van der Waals surface area contributed by atoms with Gasteiger partial charge in [-0.1, -0.05) is 54.6 Å². The Bertz CT molecular complexity index is 777. The fourth-order valence-electron chi connectivity index (χ4n) is 4.86. The number of nitrogens with zero attached hydrogens (tertiary/aromatic N) is 2. The summed E-state index contributed by atoms with van der Waals surface area (Å²) >= 11 is 0. The first kappa shape index (κ1) is 17.1. The number of fused-ring (bicyclic) bond motifs is 2. The van der Waals surface area contributed by atoms with Crippen LogP contribution in [0.15, 0.2) is 54.6 Å². The summed E-state index contributed by atoms with van der Waals surface area (Å²) in [6.07, 6.45) is 0.332. The van der Waals surface area contributed by atoms with Crippen LogP contribution in [0.3, 0.4) is 0 Å². The molecule has 1 amide bonds. The maximum absolute atomic E-state index is 12.0. The lowest BCUT2D eigenvalue weighted by Crippen LogP contribution is -2.55. The van der Waals surface area contributed by atoms with E-state index in [4.69, 9.17) is 0 Å². The van der Waals surface area contributed by atoms with E-state index < -0.39 is 6.09 Å². The van der Waals surface area contributed by atoms with Crippen molar-refractivity contribution in [3.63, 3.8) is 0 Å². The maximum Gasteiger partial charge on any atom is 0.407 e. The minimum Gasteiger partial charge on any atom is -0.465 e. The summed E-state index contributed by atoms with van der Waals surface area (Å²) in [5, 5.41) is 9.83. The zero-order chi connectivity index (χ0) is 18.1. The molecule has 1 N–H and O–H groups in total. The molecule has 2 aromatic rings. The summed E-state index contributed by atoms with van der Waals surface area (Å²) < 4.78 is 0. The van der Waals surface area contributed by atoms with Crippen molar-refractivity contribution in [2.24, 2.45) is 11.8 Å². The van der Waals surface area contributed by atoms with E-state index in [-0.39, 0.29) is 6.04 Å². The molecule has 136 valence electrons. The Morgan fingerprint density at radius 2 is 1.77 bits per heavy atom. The van der Waals surface area contributed by atoms with Crippen molar-refractivity contribution in [2.45, 2.75) is 25.9 Å². The number of hydrogen-bond acceptors (Lipinski definition) is 2. The van der Waals surface area contributed by atoms with Crippen LogP contribution in [-0.4, -0.2) is 40.6 Å². The zero-order valence-corrected chi connectivity index (χ0v) is 15.2. The van der Waals surface area contributed by atoms with Crippen LogP contribution >= 0.6 is 0 Å². The Hall–Kier alpha value is -2.33. The number of hydrogen-bond donors (Lipinski definition) is 1. The molecule has 4 nitrogen and oxygen atoms in total. The number of carbonyl (C=O) groups is 1. The van der Waals surface area contributed by atoms with Gasteiger partial charge in [-0.2, -0.15) is 0 Å². The monoisotopic (exact) mass is 350 g/mol. The van der Waals surface area contributed by atoms with E-state index in [0.29, 0.717) is 18.4 Å². The van der Waals surface area contributed by atoms with Crippen LogP contribution in [0.2, 0.25) is 0 Å². The molecule has 4 heteroatoms. The Kier molecular flexibility index (Phi) is 4.68. The van der Waals surface area contributed by atoms with Gasteiger partial charge in [0.25, 0.3) is 0 Å². The normalized spacial score (nSPS) is 25.9. The lowest BCUT2D eigenvalue weighted by molar-refractivity contribution is -0.00992. The molecule has 2 fully saturated rings. The molecule has 4 rings (SSSR count). The summed E-state index contributed by atoms with van der Waals surface area (Å²) in [6.45, 7) is 5.60. The predicted octanol–water partition coefficient (Wildman–Crippen LogP) is 4.17. The fraction of sp³-hybridized carbons (Fsp3) is 0.409. The van der Waals surface area contributed by atoms with E-state index in [1.165, 1.54) is 16.7 Å². The van der Waals surface area contributed by atoms with E-state index in [0.717, 1.165) is 26.1 Å². The Morgan fingerprint density at radius 3 is 2.50 bits per heavy atom. The molecular formula is C22H26N2O2. The highest BCUT2D eigenvalue weighted by Crippen LogP contribution is 2.42. The second-order valence-electron chi connectivity index (χ2n) is 7.78. The van der Waals surface area contributed by atoms with Gasteiger partial charge in [0.2, 0.25) is 0 Å². The SMILES string of the molecule is Cc1ccccc1C1C2CC(CN(Cc3ccccc3)C2)CN1C(=O)O. The van der Waals surface area contributed by atoms with E-state index in [2.05, 4.69) is 48.2 Å². The number of likely N-dealkylation sites (tertiary alicyclic amines) is 2. The van der Waals surface area contributed by atoms with Crippen molar-refractivity contribution in [2.75, 3.05) is 19.6 Å². The van der Waals surface area contributed by atoms with Crippen LogP contribution in [0.4, 0.5) is 4.79 Å². The van der Waals surface area contributed by atoms with Crippen LogP contribution in [0, 0.1) is 18.8 Å². The molecule has 2 aromatic carbocycles. The van der Waals surface area contributed by atoms with E-state index in [9.17, 15) is 9.90 Å². The smallest absolute Gasteiger partial charge is 0.407 e. The lowest BCUT2D eigenvalue weighted by atomic mass is 9.76. The second kappa shape index (κ2) is 7.12. The summed E-state index contributed by atoms with van der Waals surface area (Å²) in [6, 6.07) is 18.8. The third-order valence-electron chi connectivity index (χ3n) is 5.88. The molecule has 0 saturated carbocycles. The minimum absolute atomic E-state index is 0.0384. The third-order valence-corrected chi connectivity index (χ3v) is 5.88. The van der Waals surface area contributed by atoms with Crippen LogP contribution in [0.25, 0.3) is 0 Å². The molecular weight excluding hydrogens is 324 g/mol. The molecule has 2 aliphatic heterocycles. The highest BCUT2D eigenvalue weighted by Gasteiger charge is 2.43. The topological polar surface area (TPSA) is 43.8 Å². The summed E-state index contributed by atoms with van der Waals surface area (Å²) in [5.74, 6) is 0.775. The van der Waals surface area contributed by atoms with Crippen molar-refractivity contribution < 1.29 is 9.90 Å². The Morgan fingerprint density at radius 1 is 1.04 bits per heavy atom. The van der Waals surface area contributed by atoms with Gasteiger partial charge in [0.1, 0.15) is 0 Å². The van der Waals surface area contributed by atoms with Gasteiger partial charge in [-0.15, -0.1) is 0 Å². The first-order valence-corrected chi connectivity index (χ1v) is 9.43. The van der Waals surface area contributed by atoms with Gasteiger partial charge in [0.05, 0.1) is 6.04 Å². The van der Waals surface area contributed by atoms with Crippen LogP contribution in [-0.2, 0) is 6.54 Å². The van der Waals surface area contributed by atoms with Gasteiger partial charge >= 0.3 is 6.09 Å². The van der Waals surface area contributed by atoms with Crippen molar-refractivity contribution in [1.29, 1.82) is 0 Å². The first-order valence-electron chi connectivity index (χ1n) is 9.43. The molecule has 0 radical (unpaired) electrons. The van der Waals surface area contributed by atoms with Gasteiger partial charge in [-0.3, -0.25) is 4.90 Å². The van der Waals surface area contributed by atoms with Gasteiger partial charge in [-0.25, -0.2) is 4.79 Å². The number of piperidine rings is 2. The van der Waals surface area contributed by atoms with Crippen LogP contribution in [0.5, 0.6) is 0 Å². The molecule has 2 aliphatic rings. The zero-order valence-electron chi connectivity index (χ0n) is 15.2. The van der Waals surface area contributed by atoms with Crippen molar-refractivity contribution >= 4 is 6.09 Å². The van der Waals surface area contributed by atoms with Crippen LogP contribution < -0.4 is 0 Å². The van der Waals surface area contributed by atoms with E-state index >= 15 is 0 Å². The van der Waals surface area contributed by atoms with Crippen molar-refractivity contribution in [3.8, 4) is 0 Å². The second-order valence-corrected chi connectivity index (χ2v) is 7.78. The number of amides is 1. The van der Waals surface area contributed by atoms with E-state index in [1.807, 2.05) is 18.2 Å². The molecule has 3 unspecified atom stereocenters. The molecule has 3 atom stereocenters. The molecule has 2 heterocycles. The van der Waals surface area contributed by atoms with Gasteiger partial charge in [0.15, 0.2) is 0 Å². The van der Waals surface area contributed by atoms with Crippen molar-refractivity contribution in [3.05, 3.63) is 71.3 Å². The standard InChI is InChI=1S/C22H26N2O2/c1-16-7-5-6-10-20(16)21-19-11-18(14-24(21)22(25)26)13-23(15-19)12-17-8-3-2-4-9-17/h2-10,18-19,21H,11-15H2,1H3,(H,25,26). The Balaban J connectivity index is 1.60. The number of benzene rings is 2. The van der Waals surface area contributed by atoms with Gasteiger partial charge < -0.3 is 10.0 Å². The molecule has 0 aromatic heterocycles. The van der Waals surface area contributed by atoms with Gasteiger partial charge in [0, 0.05) is 26.2 Å². The number of aryl methyl sites for hydroxylation is 1. The fourth-order valence-corrected chi connectivity index (χ4v) is 4.86. The average molecular weight is 350 g/mol. The van der Waals surface area contributed by atoms with E-state index in [1.54, 1.807) is 4.90 Å². The third kappa shape index (κ3) is 3.34. The minimum atomic E-state index is -0.788. The quantitative estimate of drug-likeness (QED) is 0.904. The highest BCUT2D eigenvalue weighted by molar-refractivity contribution is 5.66.